The van der Waals surface area contributed by atoms with E-state index in [1.807, 2.05) is 10.6 Å². The predicted molar refractivity (Wildman–Crippen MR) is 191 cm³/mol. The lowest BCUT2D eigenvalue weighted by Gasteiger charge is -2.13. The van der Waals surface area contributed by atoms with E-state index in [-0.39, 0.29) is 0 Å². The maximum absolute atomic E-state index is 5.32. The van der Waals surface area contributed by atoms with Crippen LogP contribution in [-0.4, -0.2) is 19.2 Å². The van der Waals surface area contributed by atoms with Gasteiger partial charge in [0.25, 0.3) is 0 Å². The van der Waals surface area contributed by atoms with Gasteiger partial charge in [0.1, 0.15) is 0 Å². The van der Waals surface area contributed by atoms with Crippen molar-refractivity contribution in [2.24, 2.45) is 0 Å². The fourth-order valence-corrected chi connectivity index (χ4v) is 7.18. The van der Waals surface area contributed by atoms with Crippen LogP contribution in [0.25, 0.3) is 88.0 Å². The lowest BCUT2D eigenvalue weighted by atomic mass is 9.96. The van der Waals surface area contributed by atoms with Crippen LogP contribution in [0.15, 0.2) is 158 Å². The highest BCUT2D eigenvalue weighted by atomic mass is 15.2. The zero-order valence-electron chi connectivity index (χ0n) is 24.8. The Balaban J connectivity index is 1.24. The molecule has 4 heterocycles. The summed E-state index contributed by atoms with van der Waals surface area (Å²) in [5.41, 5.74) is 10.9. The molecule has 46 heavy (non-hydrogen) atoms. The van der Waals surface area contributed by atoms with Gasteiger partial charge in [0.2, 0.25) is 0 Å². The van der Waals surface area contributed by atoms with Gasteiger partial charge in [-0.2, -0.15) is 5.10 Å². The van der Waals surface area contributed by atoms with Gasteiger partial charge in [-0.3, -0.25) is 0 Å². The Morgan fingerprint density at radius 3 is 2.02 bits per heavy atom. The first-order valence-corrected chi connectivity index (χ1v) is 15.6. The first kappa shape index (κ1) is 25.1. The summed E-state index contributed by atoms with van der Waals surface area (Å²) < 4.78 is 4.37. The Hall–Kier alpha value is -6.26. The molecule has 0 unspecified atom stereocenters. The van der Waals surface area contributed by atoms with Gasteiger partial charge in [-0.25, -0.2) is 9.50 Å². The van der Waals surface area contributed by atoms with Crippen LogP contribution in [0, 0.1) is 0 Å². The fraction of sp³-hybridized carbons (Fsp3) is 0. The van der Waals surface area contributed by atoms with Crippen LogP contribution in [-0.2, 0) is 0 Å². The number of benzene rings is 6. The van der Waals surface area contributed by atoms with E-state index in [0.29, 0.717) is 0 Å². The summed E-state index contributed by atoms with van der Waals surface area (Å²) >= 11 is 0. The van der Waals surface area contributed by atoms with Crippen LogP contribution in [0.4, 0.5) is 0 Å². The first-order chi connectivity index (χ1) is 22.8. The van der Waals surface area contributed by atoms with Gasteiger partial charge in [0.05, 0.1) is 33.3 Å². The molecule has 214 valence electrons. The van der Waals surface area contributed by atoms with Crippen molar-refractivity contribution in [2.75, 3.05) is 0 Å². The SMILES string of the molecule is c1ccc(-n2c3ccccc3c3cc4c(cc32)c(-c2cccc(-c3ccc5c6ccccc6nn5c3)c2)nc2ccccc24)cc1. The molecule has 6 aromatic carbocycles. The van der Waals surface area contributed by atoms with Crippen molar-refractivity contribution < 1.29 is 0 Å². The summed E-state index contributed by atoms with van der Waals surface area (Å²) in [4.78, 5) is 5.32. The minimum Gasteiger partial charge on any atom is -0.309 e. The normalized spacial score (nSPS) is 11.9. The van der Waals surface area contributed by atoms with Crippen molar-refractivity contribution in [2.45, 2.75) is 0 Å². The maximum Gasteiger partial charge on any atom is 0.0933 e. The highest BCUT2D eigenvalue weighted by Gasteiger charge is 2.18. The van der Waals surface area contributed by atoms with Crippen LogP contribution in [0.1, 0.15) is 0 Å². The molecule has 4 aromatic heterocycles. The second-order valence-corrected chi connectivity index (χ2v) is 11.9. The van der Waals surface area contributed by atoms with Crippen molar-refractivity contribution in [3.05, 3.63) is 158 Å². The van der Waals surface area contributed by atoms with Gasteiger partial charge in [-0.15, -0.1) is 0 Å². The highest BCUT2D eigenvalue weighted by molar-refractivity contribution is 6.20. The Labute approximate surface area is 264 Å². The molecule has 0 radical (unpaired) electrons. The van der Waals surface area contributed by atoms with Crippen LogP contribution in [0.2, 0.25) is 0 Å². The number of para-hydroxylation sites is 3. The molecule has 0 amide bonds. The van der Waals surface area contributed by atoms with E-state index in [9.17, 15) is 0 Å². The van der Waals surface area contributed by atoms with E-state index in [4.69, 9.17) is 10.1 Å². The molecule has 4 nitrogen and oxygen atoms in total. The number of nitrogens with zero attached hydrogens (tertiary/aromatic N) is 4. The minimum atomic E-state index is 0.980. The molecule has 4 heteroatoms. The molecule has 0 N–H and O–H groups in total. The third-order valence-electron chi connectivity index (χ3n) is 9.30. The van der Waals surface area contributed by atoms with E-state index in [1.54, 1.807) is 0 Å². The summed E-state index contributed by atoms with van der Waals surface area (Å²) in [6.45, 7) is 0. The maximum atomic E-state index is 5.32. The first-order valence-electron chi connectivity index (χ1n) is 15.6. The quantitative estimate of drug-likeness (QED) is 0.193. The van der Waals surface area contributed by atoms with Gasteiger partial charge in [-0.1, -0.05) is 97.1 Å². The Kier molecular flexibility index (Phi) is 5.25. The summed E-state index contributed by atoms with van der Waals surface area (Å²) in [5.74, 6) is 0. The molecule has 10 rings (SSSR count). The average Bonchev–Trinajstić information content (AvgIpc) is 3.66. The van der Waals surface area contributed by atoms with E-state index in [2.05, 4.69) is 156 Å². The number of rotatable bonds is 3. The Bertz CT molecular complexity index is 2810. The molecule has 0 fully saturated rings. The molecular formula is C42H26N4. The molecular weight excluding hydrogens is 560 g/mol. The summed E-state index contributed by atoms with van der Waals surface area (Å²) in [6.07, 6.45) is 2.13. The molecule has 0 saturated heterocycles. The van der Waals surface area contributed by atoms with E-state index < -0.39 is 0 Å². The molecule has 0 spiro atoms. The lowest BCUT2D eigenvalue weighted by molar-refractivity contribution is 0.983. The van der Waals surface area contributed by atoms with Crippen LogP contribution >= 0.6 is 0 Å². The smallest absolute Gasteiger partial charge is 0.0933 e. The zero-order valence-corrected chi connectivity index (χ0v) is 24.8. The standard InChI is InChI=1S/C42H26N4/c1-2-13-30(14-3-1)46-40-20-9-6-16-32(40)35-24-34-31-15-4-7-18-37(31)43-42(36(34)25-41(35)46)28-12-10-11-27(23-28)29-21-22-39-33-17-5-8-19-38(33)44-45(39)26-29/h1-26H. The van der Waals surface area contributed by atoms with Gasteiger partial charge in [-0.05, 0) is 65.5 Å². The second kappa shape index (κ2) is 9.62. The second-order valence-electron chi connectivity index (χ2n) is 11.9. The fourth-order valence-electron chi connectivity index (χ4n) is 7.18. The van der Waals surface area contributed by atoms with Gasteiger partial charge < -0.3 is 4.57 Å². The topological polar surface area (TPSA) is 35.1 Å². The van der Waals surface area contributed by atoms with Crippen molar-refractivity contribution in [1.82, 2.24) is 19.2 Å². The molecule has 0 saturated carbocycles. The van der Waals surface area contributed by atoms with Crippen molar-refractivity contribution >= 4 is 59.9 Å². The van der Waals surface area contributed by atoms with E-state index >= 15 is 0 Å². The monoisotopic (exact) mass is 586 g/mol. The van der Waals surface area contributed by atoms with Crippen molar-refractivity contribution in [3.63, 3.8) is 0 Å². The summed E-state index contributed by atoms with van der Waals surface area (Å²) in [5, 5.41) is 12.0. The largest absolute Gasteiger partial charge is 0.309 e. The predicted octanol–water partition coefficient (Wildman–Crippen LogP) is 10.6. The van der Waals surface area contributed by atoms with E-state index in [1.165, 1.54) is 27.2 Å². The number of hydrogen-bond acceptors (Lipinski definition) is 2. The lowest BCUT2D eigenvalue weighted by Crippen LogP contribution is -1.94. The Morgan fingerprint density at radius 2 is 1.13 bits per heavy atom. The van der Waals surface area contributed by atoms with Crippen LogP contribution in [0.5, 0.6) is 0 Å². The molecule has 0 bridgehead atoms. The molecule has 0 aliphatic carbocycles. The van der Waals surface area contributed by atoms with Crippen LogP contribution in [0.3, 0.4) is 0 Å². The molecule has 0 aliphatic heterocycles. The van der Waals surface area contributed by atoms with Gasteiger partial charge in [0, 0.05) is 49.9 Å². The molecule has 10 aromatic rings. The number of fused-ring (bicyclic) bond motifs is 9. The van der Waals surface area contributed by atoms with Crippen LogP contribution < -0.4 is 0 Å². The minimum absolute atomic E-state index is 0.980. The zero-order chi connectivity index (χ0) is 30.2. The molecule has 0 aliphatic rings. The Morgan fingerprint density at radius 1 is 0.391 bits per heavy atom. The number of hydrogen-bond donors (Lipinski definition) is 0. The highest BCUT2D eigenvalue weighted by Crippen LogP contribution is 2.40. The van der Waals surface area contributed by atoms with Crippen molar-refractivity contribution in [1.29, 1.82) is 0 Å². The average molecular weight is 587 g/mol. The van der Waals surface area contributed by atoms with Crippen molar-refractivity contribution in [3.8, 4) is 28.1 Å². The van der Waals surface area contributed by atoms with Gasteiger partial charge in [0.15, 0.2) is 0 Å². The third-order valence-corrected chi connectivity index (χ3v) is 9.30. The molecule has 0 atom stereocenters. The number of aromatic nitrogens is 4. The summed E-state index contributed by atoms with van der Waals surface area (Å²) in [7, 11) is 0. The third kappa shape index (κ3) is 3.67. The van der Waals surface area contributed by atoms with E-state index in [0.717, 1.165) is 60.8 Å². The van der Waals surface area contributed by atoms with Gasteiger partial charge >= 0.3 is 0 Å². The summed E-state index contributed by atoms with van der Waals surface area (Å²) in [6, 6.07) is 53.9. The number of pyridine rings is 2.